The Hall–Kier alpha value is -5.33. The molecule has 13 heteroatoms. The van der Waals surface area contributed by atoms with E-state index in [-0.39, 0.29) is 23.1 Å². The second-order valence-corrected chi connectivity index (χ2v) is 9.07. The summed E-state index contributed by atoms with van der Waals surface area (Å²) in [5.74, 6) is 1.03. The van der Waals surface area contributed by atoms with Gasteiger partial charge in [0, 0.05) is 36.5 Å². The van der Waals surface area contributed by atoms with Crippen molar-refractivity contribution in [3.63, 3.8) is 0 Å². The van der Waals surface area contributed by atoms with E-state index in [0.717, 1.165) is 44.3 Å². The van der Waals surface area contributed by atoms with Crippen LogP contribution in [0.25, 0.3) is 11.3 Å². The zero-order valence-electron chi connectivity index (χ0n) is 21.4. The molecule has 1 saturated heterocycles. The minimum atomic E-state index is -0.992. The second kappa shape index (κ2) is 12.0. The minimum absolute atomic E-state index is 0.0125. The first kappa shape index (κ1) is 26.3. The maximum Gasteiger partial charge on any atom is 0.335 e. The number of carboxylic acid groups (broad SMARTS) is 1. The molecular formula is C27H26N8O5. The number of hydrogen-bond donors (Lipinski definition) is 3. The van der Waals surface area contributed by atoms with E-state index in [1.54, 1.807) is 36.4 Å². The summed E-state index contributed by atoms with van der Waals surface area (Å²) in [6.07, 6.45) is 5.86. The van der Waals surface area contributed by atoms with E-state index in [9.17, 15) is 14.9 Å². The number of rotatable bonds is 9. The van der Waals surface area contributed by atoms with Gasteiger partial charge in [0.15, 0.2) is 0 Å². The van der Waals surface area contributed by atoms with Crippen LogP contribution in [0.1, 0.15) is 41.8 Å². The number of furan rings is 1. The van der Waals surface area contributed by atoms with Gasteiger partial charge in [-0.2, -0.15) is 20.1 Å². The lowest BCUT2D eigenvalue weighted by Crippen LogP contribution is -2.26. The fraction of sp³-hybridized carbons (Fsp3) is 0.222. The summed E-state index contributed by atoms with van der Waals surface area (Å²) in [5, 5.41) is 27.4. The molecule has 0 amide bonds. The maximum absolute atomic E-state index is 11.1. The first-order chi connectivity index (χ1) is 19.4. The third-order valence-corrected chi connectivity index (χ3v) is 6.25. The van der Waals surface area contributed by atoms with E-state index in [2.05, 4.69) is 35.7 Å². The molecule has 40 heavy (non-hydrogen) atoms. The molecule has 0 spiro atoms. The molecule has 1 aliphatic heterocycles. The molecule has 3 heterocycles. The molecular weight excluding hydrogens is 516 g/mol. The third kappa shape index (κ3) is 6.56. The van der Waals surface area contributed by atoms with Crippen LogP contribution in [0.15, 0.2) is 70.2 Å². The average molecular weight is 543 g/mol. The van der Waals surface area contributed by atoms with Crippen LogP contribution in [0.4, 0.5) is 29.2 Å². The van der Waals surface area contributed by atoms with Gasteiger partial charge in [-0.25, -0.2) is 10.2 Å². The number of hydrazone groups is 1. The number of nitrogens with one attached hydrogen (secondary N) is 2. The van der Waals surface area contributed by atoms with E-state index in [4.69, 9.17) is 9.52 Å². The van der Waals surface area contributed by atoms with E-state index in [0.29, 0.717) is 23.2 Å². The molecule has 13 nitrogen and oxygen atoms in total. The van der Waals surface area contributed by atoms with Gasteiger partial charge in [-0.05, 0) is 49.2 Å². The third-order valence-electron chi connectivity index (χ3n) is 6.25. The van der Waals surface area contributed by atoms with Crippen LogP contribution in [0.2, 0.25) is 0 Å². The average Bonchev–Trinajstić information content (AvgIpc) is 3.25. The Balaban J connectivity index is 1.33. The van der Waals surface area contributed by atoms with Crippen LogP contribution in [0, 0.1) is 10.1 Å². The number of aromatic nitrogens is 3. The molecule has 0 atom stereocenters. The van der Waals surface area contributed by atoms with Gasteiger partial charge >= 0.3 is 5.97 Å². The van der Waals surface area contributed by atoms with Crippen molar-refractivity contribution in [3.8, 4) is 11.3 Å². The molecule has 0 saturated carbocycles. The largest absolute Gasteiger partial charge is 0.478 e. The number of nitrogens with zero attached hydrogens (tertiary/aromatic N) is 6. The van der Waals surface area contributed by atoms with Crippen molar-refractivity contribution in [3.05, 3.63) is 82.1 Å². The van der Waals surface area contributed by atoms with Crippen LogP contribution in [-0.4, -0.2) is 50.3 Å². The Kier molecular flexibility index (Phi) is 7.90. The lowest BCUT2D eigenvalue weighted by Gasteiger charge is -2.21. The van der Waals surface area contributed by atoms with Crippen LogP contribution in [0.5, 0.6) is 0 Å². The summed E-state index contributed by atoms with van der Waals surface area (Å²) in [5.41, 5.74) is 4.34. The second-order valence-electron chi connectivity index (χ2n) is 9.07. The fourth-order valence-electron chi connectivity index (χ4n) is 4.19. The topological polar surface area (TPSA) is 172 Å². The van der Waals surface area contributed by atoms with Crippen LogP contribution in [0.3, 0.4) is 0 Å². The molecule has 1 fully saturated rings. The number of anilines is 4. The van der Waals surface area contributed by atoms with Crippen LogP contribution >= 0.6 is 0 Å². The molecule has 3 N–H and O–H groups in total. The molecule has 0 radical (unpaired) electrons. The number of nitro benzene ring substituents is 1. The minimum Gasteiger partial charge on any atom is -0.478 e. The van der Waals surface area contributed by atoms with Gasteiger partial charge in [-0.3, -0.25) is 10.1 Å². The highest BCUT2D eigenvalue weighted by molar-refractivity contribution is 5.88. The quantitative estimate of drug-likeness (QED) is 0.142. The van der Waals surface area contributed by atoms with Gasteiger partial charge in [0.25, 0.3) is 5.69 Å². The zero-order chi connectivity index (χ0) is 27.9. The van der Waals surface area contributed by atoms with Gasteiger partial charge in [-0.1, -0.05) is 25.0 Å². The highest BCUT2D eigenvalue weighted by Gasteiger charge is 2.16. The molecule has 2 aromatic carbocycles. The number of benzene rings is 2. The SMILES string of the molecule is O=C(O)c1ccc(-c2ccc(/C=N\Nc3nc(Nc4ccc([N+](=O)[O-])cc4)nc(N4CCCCCC4)n3)o2)cc1. The smallest absolute Gasteiger partial charge is 0.335 e. The Bertz CT molecular complexity index is 1510. The Morgan fingerprint density at radius 1 is 0.950 bits per heavy atom. The number of non-ortho nitro benzene ring substituents is 1. The number of hydrogen-bond acceptors (Lipinski definition) is 11. The van der Waals surface area contributed by atoms with E-state index in [1.165, 1.54) is 30.5 Å². The standard InChI is InChI=1S/C27H26N8O5/c36-24(37)19-7-5-18(6-8-19)23-14-13-22(40-23)17-28-33-26-30-25(29-20-9-11-21(12-10-20)35(38)39)31-27(32-26)34-15-3-1-2-4-16-34/h5-14,17H,1-4,15-16H2,(H,36,37)(H2,29,30,31,32,33)/b28-17-. The van der Waals surface area contributed by atoms with E-state index in [1.807, 2.05) is 0 Å². The molecule has 4 aromatic rings. The molecule has 0 aliphatic carbocycles. The summed E-state index contributed by atoms with van der Waals surface area (Å²) < 4.78 is 5.81. The summed E-state index contributed by atoms with van der Waals surface area (Å²) in [4.78, 5) is 37.2. The molecule has 204 valence electrons. The fourth-order valence-corrected chi connectivity index (χ4v) is 4.19. The van der Waals surface area contributed by atoms with Crippen LogP contribution < -0.4 is 15.6 Å². The number of carboxylic acids is 1. The number of carbonyl (C=O) groups is 1. The summed E-state index contributed by atoms with van der Waals surface area (Å²) in [6, 6.07) is 15.9. The Labute approximate surface area is 228 Å². The molecule has 2 aromatic heterocycles. The van der Waals surface area contributed by atoms with Gasteiger partial charge in [0.2, 0.25) is 17.8 Å². The zero-order valence-corrected chi connectivity index (χ0v) is 21.4. The predicted molar refractivity (Wildman–Crippen MR) is 149 cm³/mol. The van der Waals surface area contributed by atoms with Crippen molar-refractivity contribution < 1.29 is 19.2 Å². The summed E-state index contributed by atoms with van der Waals surface area (Å²) in [7, 11) is 0. The summed E-state index contributed by atoms with van der Waals surface area (Å²) >= 11 is 0. The molecule has 5 rings (SSSR count). The van der Waals surface area contributed by atoms with E-state index >= 15 is 0 Å². The van der Waals surface area contributed by atoms with Crippen molar-refractivity contribution in [2.45, 2.75) is 25.7 Å². The van der Waals surface area contributed by atoms with Crippen molar-refractivity contribution in [1.29, 1.82) is 0 Å². The van der Waals surface area contributed by atoms with Crippen molar-refractivity contribution in [2.24, 2.45) is 5.10 Å². The number of nitro groups is 1. The predicted octanol–water partition coefficient (Wildman–Crippen LogP) is 5.31. The Morgan fingerprint density at radius 3 is 2.33 bits per heavy atom. The Morgan fingerprint density at radius 2 is 1.65 bits per heavy atom. The van der Waals surface area contributed by atoms with Gasteiger partial charge in [-0.15, -0.1) is 0 Å². The van der Waals surface area contributed by atoms with Gasteiger partial charge < -0.3 is 19.7 Å². The maximum atomic E-state index is 11.1. The molecule has 1 aliphatic rings. The monoisotopic (exact) mass is 542 g/mol. The highest BCUT2D eigenvalue weighted by atomic mass is 16.6. The molecule has 0 unspecified atom stereocenters. The first-order valence-corrected chi connectivity index (χ1v) is 12.7. The number of aromatic carboxylic acids is 1. The van der Waals surface area contributed by atoms with Crippen molar-refractivity contribution >= 4 is 41.4 Å². The lowest BCUT2D eigenvalue weighted by molar-refractivity contribution is -0.384. The van der Waals surface area contributed by atoms with E-state index < -0.39 is 10.9 Å². The van der Waals surface area contributed by atoms with Crippen molar-refractivity contribution in [1.82, 2.24) is 15.0 Å². The van der Waals surface area contributed by atoms with Gasteiger partial charge in [0.05, 0.1) is 16.7 Å². The highest BCUT2D eigenvalue weighted by Crippen LogP contribution is 2.24. The van der Waals surface area contributed by atoms with Crippen molar-refractivity contribution in [2.75, 3.05) is 28.7 Å². The van der Waals surface area contributed by atoms with Crippen LogP contribution in [-0.2, 0) is 0 Å². The lowest BCUT2D eigenvalue weighted by atomic mass is 10.1. The summed E-state index contributed by atoms with van der Waals surface area (Å²) in [6.45, 7) is 1.65. The normalized spacial score (nSPS) is 13.7. The molecule has 0 bridgehead atoms. The first-order valence-electron chi connectivity index (χ1n) is 12.7. The van der Waals surface area contributed by atoms with Gasteiger partial charge in [0.1, 0.15) is 11.5 Å².